The van der Waals surface area contributed by atoms with Gasteiger partial charge >= 0.3 is 10.1 Å². The molecule has 3 rings (SSSR count). The highest BCUT2D eigenvalue weighted by atomic mass is 35.5. The summed E-state index contributed by atoms with van der Waals surface area (Å²) in [5.41, 5.74) is 0.880. The molecule has 120 valence electrons. The van der Waals surface area contributed by atoms with E-state index in [4.69, 9.17) is 15.9 Å². The Morgan fingerprint density at radius 2 is 2.09 bits per heavy atom. The Labute approximate surface area is 135 Å². The third-order valence-corrected chi connectivity index (χ3v) is 7.06. The van der Waals surface area contributed by atoms with Crippen molar-refractivity contribution in [1.82, 2.24) is 4.98 Å². The molecule has 5 nitrogen and oxygen atoms in total. The zero-order chi connectivity index (χ0) is 16.2. The van der Waals surface area contributed by atoms with Crippen LogP contribution in [0.2, 0.25) is 5.15 Å². The maximum absolute atomic E-state index is 12.2. The second-order valence-corrected chi connectivity index (χ2v) is 8.79. The lowest BCUT2D eigenvalue weighted by Gasteiger charge is -2.34. The van der Waals surface area contributed by atoms with Crippen molar-refractivity contribution in [2.45, 2.75) is 44.9 Å². The number of fused-ring (bicyclic) bond motifs is 2. The Hall–Kier alpha value is -1.14. The standard InChI is InChI=1S/C15H19ClN2O3S/c1-14(2)10-6-7-15(14,3)12(8-10)18-21-22(19,20)11-4-5-13(16)17-9-11/h4-5,9-10H,6-8H2,1-3H3/b18-12+. The number of halogens is 1. The summed E-state index contributed by atoms with van der Waals surface area (Å²) in [6.45, 7) is 6.61. The average Bonchev–Trinajstić information content (AvgIpc) is 2.78. The van der Waals surface area contributed by atoms with Crippen LogP contribution in [0.15, 0.2) is 28.4 Å². The molecule has 22 heavy (non-hydrogen) atoms. The molecule has 2 fully saturated rings. The van der Waals surface area contributed by atoms with Crippen LogP contribution in [-0.2, 0) is 14.4 Å². The maximum Gasteiger partial charge on any atom is 0.360 e. The molecule has 0 aliphatic heterocycles. The molecular weight excluding hydrogens is 324 g/mol. The van der Waals surface area contributed by atoms with E-state index in [-0.39, 0.29) is 20.9 Å². The normalized spacial score (nSPS) is 31.6. The number of rotatable bonds is 3. The van der Waals surface area contributed by atoms with Crippen molar-refractivity contribution in [3.8, 4) is 0 Å². The summed E-state index contributed by atoms with van der Waals surface area (Å²) >= 11 is 5.66. The van der Waals surface area contributed by atoms with Crippen LogP contribution in [0.25, 0.3) is 0 Å². The lowest BCUT2D eigenvalue weighted by Crippen LogP contribution is -2.32. The van der Waals surface area contributed by atoms with Gasteiger partial charge in [0.2, 0.25) is 0 Å². The van der Waals surface area contributed by atoms with E-state index in [1.165, 1.54) is 18.3 Å². The van der Waals surface area contributed by atoms with Crippen molar-refractivity contribution < 1.29 is 12.7 Å². The second-order valence-electron chi connectivity index (χ2n) is 6.88. The Balaban J connectivity index is 1.85. The molecule has 2 unspecified atom stereocenters. The fraction of sp³-hybridized carbons (Fsp3) is 0.600. The highest BCUT2D eigenvalue weighted by molar-refractivity contribution is 7.86. The molecule has 0 saturated heterocycles. The quantitative estimate of drug-likeness (QED) is 0.621. The molecule has 2 saturated carbocycles. The zero-order valence-corrected chi connectivity index (χ0v) is 14.4. The summed E-state index contributed by atoms with van der Waals surface area (Å²) in [5, 5.41) is 4.24. The van der Waals surface area contributed by atoms with Gasteiger partial charge in [0.05, 0.1) is 11.9 Å². The first kappa shape index (κ1) is 15.7. The molecule has 1 aromatic rings. The zero-order valence-electron chi connectivity index (χ0n) is 12.8. The first-order valence-corrected chi connectivity index (χ1v) is 9.08. The van der Waals surface area contributed by atoms with Crippen LogP contribution >= 0.6 is 11.6 Å². The van der Waals surface area contributed by atoms with E-state index >= 15 is 0 Å². The van der Waals surface area contributed by atoms with E-state index in [2.05, 4.69) is 30.9 Å². The van der Waals surface area contributed by atoms with Gasteiger partial charge in [0.25, 0.3) is 0 Å². The monoisotopic (exact) mass is 342 g/mol. The van der Waals surface area contributed by atoms with Crippen LogP contribution in [-0.4, -0.2) is 19.1 Å². The van der Waals surface area contributed by atoms with Crippen LogP contribution in [0.1, 0.15) is 40.0 Å². The number of hydrogen-bond acceptors (Lipinski definition) is 5. The van der Waals surface area contributed by atoms with Gasteiger partial charge in [0.1, 0.15) is 10.0 Å². The van der Waals surface area contributed by atoms with Gasteiger partial charge in [-0.3, -0.25) is 4.28 Å². The minimum Gasteiger partial charge on any atom is -0.265 e. The number of pyridine rings is 1. The summed E-state index contributed by atoms with van der Waals surface area (Å²) in [5.74, 6) is 0.541. The van der Waals surface area contributed by atoms with Gasteiger partial charge < -0.3 is 0 Å². The van der Waals surface area contributed by atoms with Crippen molar-refractivity contribution in [2.24, 2.45) is 21.9 Å². The molecule has 0 spiro atoms. The van der Waals surface area contributed by atoms with Gasteiger partial charge in [-0.1, -0.05) is 37.5 Å². The highest BCUT2D eigenvalue weighted by Gasteiger charge is 2.60. The third kappa shape index (κ3) is 2.24. The molecule has 0 aromatic carbocycles. The maximum atomic E-state index is 12.2. The third-order valence-electron chi connectivity index (χ3n) is 5.75. The molecule has 0 amide bonds. The first-order valence-electron chi connectivity index (χ1n) is 7.29. The minimum atomic E-state index is -3.95. The fourth-order valence-electron chi connectivity index (χ4n) is 3.71. The lowest BCUT2D eigenvalue weighted by molar-refractivity contribution is 0.191. The minimum absolute atomic E-state index is 0.0474. The summed E-state index contributed by atoms with van der Waals surface area (Å²) < 4.78 is 29.2. The SMILES string of the molecule is CC12CCC(C/C1=N\OS(=O)(=O)c1ccc(Cl)nc1)C2(C)C. The Kier molecular flexibility index (Phi) is 3.53. The molecule has 1 aromatic heterocycles. The van der Waals surface area contributed by atoms with E-state index in [0.29, 0.717) is 5.92 Å². The van der Waals surface area contributed by atoms with Crippen molar-refractivity contribution in [3.63, 3.8) is 0 Å². The largest absolute Gasteiger partial charge is 0.360 e. The molecular formula is C15H19ClN2O3S. The van der Waals surface area contributed by atoms with Gasteiger partial charge in [-0.25, -0.2) is 4.98 Å². The fourth-order valence-corrected chi connectivity index (χ4v) is 4.52. The average molecular weight is 343 g/mol. The predicted molar refractivity (Wildman–Crippen MR) is 84.2 cm³/mol. The van der Waals surface area contributed by atoms with Crippen molar-refractivity contribution in [1.29, 1.82) is 0 Å². The van der Waals surface area contributed by atoms with Crippen LogP contribution in [0.5, 0.6) is 0 Å². The molecule has 1 heterocycles. The lowest BCUT2D eigenvalue weighted by atomic mass is 9.70. The topological polar surface area (TPSA) is 68.6 Å². The van der Waals surface area contributed by atoms with Crippen LogP contribution in [0, 0.1) is 16.7 Å². The van der Waals surface area contributed by atoms with Gasteiger partial charge in [0, 0.05) is 5.41 Å². The summed E-state index contributed by atoms with van der Waals surface area (Å²) in [6, 6.07) is 2.77. The molecule has 0 radical (unpaired) electrons. The second kappa shape index (κ2) is 4.93. The molecule has 2 aliphatic carbocycles. The Bertz CT molecular complexity index is 728. The molecule has 2 atom stereocenters. The molecule has 2 aliphatic rings. The van der Waals surface area contributed by atoms with Crippen LogP contribution in [0.3, 0.4) is 0 Å². The van der Waals surface area contributed by atoms with Gasteiger partial charge in [-0.2, -0.15) is 8.42 Å². The predicted octanol–water partition coefficient (Wildman–Crippen LogP) is 3.64. The van der Waals surface area contributed by atoms with E-state index in [1.54, 1.807) is 0 Å². The number of oxime groups is 1. The number of hydrogen-bond donors (Lipinski definition) is 0. The van der Waals surface area contributed by atoms with Gasteiger partial charge in [-0.15, -0.1) is 0 Å². The van der Waals surface area contributed by atoms with Gasteiger partial charge in [-0.05, 0) is 42.7 Å². The highest BCUT2D eigenvalue weighted by Crippen LogP contribution is 2.64. The summed E-state index contributed by atoms with van der Waals surface area (Å²) in [7, 11) is -3.95. The number of nitrogens with zero attached hydrogens (tertiary/aromatic N) is 2. The molecule has 2 bridgehead atoms. The van der Waals surface area contributed by atoms with E-state index in [9.17, 15) is 8.42 Å². The Morgan fingerprint density at radius 3 is 2.59 bits per heavy atom. The van der Waals surface area contributed by atoms with Crippen molar-refractivity contribution >= 4 is 27.4 Å². The van der Waals surface area contributed by atoms with Crippen LogP contribution < -0.4 is 0 Å². The first-order chi connectivity index (χ1) is 10.2. The Morgan fingerprint density at radius 1 is 1.36 bits per heavy atom. The van der Waals surface area contributed by atoms with Crippen molar-refractivity contribution in [2.75, 3.05) is 0 Å². The van der Waals surface area contributed by atoms with E-state index < -0.39 is 10.1 Å². The smallest absolute Gasteiger partial charge is 0.265 e. The van der Waals surface area contributed by atoms with Gasteiger partial charge in [0.15, 0.2) is 0 Å². The summed E-state index contributed by atoms with van der Waals surface area (Å²) in [4.78, 5) is 3.71. The van der Waals surface area contributed by atoms with Crippen molar-refractivity contribution in [3.05, 3.63) is 23.5 Å². The van der Waals surface area contributed by atoms with E-state index in [1.807, 2.05) is 0 Å². The number of aromatic nitrogens is 1. The summed E-state index contributed by atoms with van der Waals surface area (Å²) in [6.07, 6.45) is 4.16. The van der Waals surface area contributed by atoms with Crippen LogP contribution in [0.4, 0.5) is 0 Å². The molecule has 0 N–H and O–H groups in total. The molecule has 7 heteroatoms. The van der Waals surface area contributed by atoms with E-state index in [0.717, 1.165) is 25.0 Å².